The van der Waals surface area contributed by atoms with Crippen LogP contribution in [0.1, 0.15) is 15.9 Å². The van der Waals surface area contributed by atoms with E-state index in [0.717, 1.165) is 5.56 Å². The molecule has 98 valence electrons. The molecule has 0 aromatic heterocycles. The number of Topliss-reactive ketones (excluding diaryl/α,β-unsaturated/α-hetero) is 1. The lowest BCUT2D eigenvalue weighted by Crippen LogP contribution is -2.22. The molecule has 4 heteroatoms. The first-order valence-electron chi connectivity index (χ1n) is 5.96. The summed E-state index contributed by atoms with van der Waals surface area (Å²) < 4.78 is 0. The van der Waals surface area contributed by atoms with Crippen molar-refractivity contribution in [3.63, 3.8) is 0 Å². The second kappa shape index (κ2) is 6.02. The third kappa shape index (κ3) is 3.56. The summed E-state index contributed by atoms with van der Waals surface area (Å²) in [6, 6.07) is 13.8. The summed E-state index contributed by atoms with van der Waals surface area (Å²) in [5.41, 5.74) is 1.47. The lowest BCUT2D eigenvalue weighted by atomic mass is 10.1. The molecule has 0 heterocycles. The number of aromatic hydroxyl groups is 2. The van der Waals surface area contributed by atoms with E-state index in [0.29, 0.717) is 12.1 Å². The molecule has 0 saturated heterocycles. The molecule has 4 nitrogen and oxygen atoms in total. The maximum atomic E-state index is 11.8. The normalized spacial score (nSPS) is 10.3. The van der Waals surface area contributed by atoms with E-state index < -0.39 is 0 Å². The molecule has 0 aliphatic heterocycles. The van der Waals surface area contributed by atoms with Gasteiger partial charge in [-0.2, -0.15) is 0 Å². The molecule has 0 bridgehead atoms. The van der Waals surface area contributed by atoms with Crippen LogP contribution in [0.4, 0.5) is 0 Å². The van der Waals surface area contributed by atoms with Crippen LogP contribution in [-0.2, 0) is 6.54 Å². The fraction of sp³-hybridized carbons (Fsp3) is 0.133. The first-order valence-corrected chi connectivity index (χ1v) is 5.96. The van der Waals surface area contributed by atoms with Gasteiger partial charge in [-0.25, -0.2) is 0 Å². The lowest BCUT2D eigenvalue weighted by molar-refractivity contribution is 0.0990. The molecular formula is C15H15NO3. The van der Waals surface area contributed by atoms with E-state index in [4.69, 9.17) is 0 Å². The summed E-state index contributed by atoms with van der Waals surface area (Å²) in [6.45, 7) is 0.787. The number of hydrogen-bond donors (Lipinski definition) is 3. The van der Waals surface area contributed by atoms with Crippen LogP contribution in [0.15, 0.2) is 48.5 Å². The van der Waals surface area contributed by atoms with Crippen LogP contribution >= 0.6 is 0 Å². The summed E-state index contributed by atoms with van der Waals surface area (Å²) in [5.74, 6) is -0.645. The second-order valence-corrected chi connectivity index (χ2v) is 4.22. The molecule has 0 aliphatic rings. The van der Waals surface area contributed by atoms with Crippen LogP contribution in [-0.4, -0.2) is 22.5 Å². The van der Waals surface area contributed by atoms with Gasteiger partial charge in [-0.1, -0.05) is 30.3 Å². The molecule has 2 rings (SSSR count). The van der Waals surface area contributed by atoms with Crippen molar-refractivity contribution in [2.24, 2.45) is 0 Å². The standard InChI is InChI=1S/C15H15NO3/c17-13-7-6-12(8-14(13)18)15(19)10-16-9-11-4-2-1-3-5-11/h1-8,16-18H,9-10H2. The minimum atomic E-state index is -0.283. The highest BCUT2D eigenvalue weighted by atomic mass is 16.3. The van der Waals surface area contributed by atoms with Crippen molar-refractivity contribution in [3.8, 4) is 11.5 Å². The summed E-state index contributed by atoms with van der Waals surface area (Å²) in [6.07, 6.45) is 0. The number of carbonyl (C=O) groups is 1. The Morgan fingerprint density at radius 3 is 2.42 bits per heavy atom. The predicted molar refractivity (Wildman–Crippen MR) is 72.3 cm³/mol. The third-order valence-electron chi connectivity index (χ3n) is 2.75. The molecule has 2 aromatic rings. The first-order chi connectivity index (χ1) is 9.16. The Hall–Kier alpha value is -2.33. The van der Waals surface area contributed by atoms with E-state index in [9.17, 15) is 15.0 Å². The molecule has 0 saturated carbocycles. The van der Waals surface area contributed by atoms with E-state index in [1.165, 1.54) is 18.2 Å². The van der Waals surface area contributed by atoms with Gasteiger partial charge in [0.2, 0.25) is 0 Å². The number of phenols is 2. The third-order valence-corrected chi connectivity index (χ3v) is 2.75. The van der Waals surface area contributed by atoms with Crippen LogP contribution in [0.5, 0.6) is 11.5 Å². The van der Waals surface area contributed by atoms with E-state index in [1.54, 1.807) is 0 Å². The van der Waals surface area contributed by atoms with Crippen molar-refractivity contribution in [2.45, 2.75) is 6.54 Å². The summed E-state index contributed by atoms with van der Waals surface area (Å²) in [7, 11) is 0. The quantitative estimate of drug-likeness (QED) is 0.566. The van der Waals surface area contributed by atoms with E-state index in [1.807, 2.05) is 30.3 Å². The van der Waals surface area contributed by atoms with Crippen molar-refractivity contribution >= 4 is 5.78 Å². The average molecular weight is 257 g/mol. The molecule has 0 aliphatic carbocycles. The van der Waals surface area contributed by atoms with Crippen molar-refractivity contribution < 1.29 is 15.0 Å². The predicted octanol–water partition coefficient (Wildman–Crippen LogP) is 2.07. The van der Waals surface area contributed by atoms with Gasteiger partial charge in [-0.15, -0.1) is 0 Å². The Kier molecular flexibility index (Phi) is 4.15. The van der Waals surface area contributed by atoms with E-state index in [-0.39, 0.29) is 23.8 Å². The number of benzene rings is 2. The summed E-state index contributed by atoms with van der Waals surface area (Å²) in [5, 5.41) is 21.5. The molecule has 0 radical (unpaired) electrons. The van der Waals surface area contributed by atoms with Crippen LogP contribution in [0, 0.1) is 0 Å². The molecule has 3 N–H and O–H groups in total. The average Bonchev–Trinajstić information content (AvgIpc) is 2.43. The second-order valence-electron chi connectivity index (χ2n) is 4.22. The first kappa shape index (κ1) is 13.1. The van der Waals surface area contributed by atoms with Gasteiger partial charge in [0.15, 0.2) is 17.3 Å². The van der Waals surface area contributed by atoms with Crippen LogP contribution < -0.4 is 5.32 Å². The number of rotatable bonds is 5. The molecular weight excluding hydrogens is 242 g/mol. The van der Waals surface area contributed by atoms with Gasteiger partial charge >= 0.3 is 0 Å². The van der Waals surface area contributed by atoms with Crippen LogP contribution in [0.3, 0.4) is 0 Å². The molecule has 0 amide bonds. The Bertz CT molecular complexity index is 567. The topological polar surface area (TPSA) is 69.6 Å². The van der Waals surface area contributed by atoms with Gasteiger partial charge < -0.3 is 15.5 Å². The molecule has 0 fully saturated rings. The van der Waals surface area contributed by atoms with Gasteiger partial charge in [-0.05, 0) is 23.8 Å². The van der Waals surface area contributed by atoms with Crippen molar-refractivity contribution in [1.29, 1.82) is 0 Å². The maximum absolute atomic E-state index is 11.8. The molecule has 19 heavy (non-hydrogen) atoms. The Morgan fingerprint density at radius 1 is 1.00 bits per heavy atom. The van der Waals surface area contributed by atoms with E-state index in [2.05, 4.69) is 5.32 Å². The number of phenolic OH excluding ortho intramolecular Hbond substituents is 2. The summed E-state index contributed by atoms with van der Waals surface area (Å²) in [4.78, 5) is 11.8. The highest BCUT2D eigenvalue weighted by Gasteiger charge is 2.08. The molecule has 0 unspecified atom stereocenters. The highest BCUT2D eigenvalue weighted by Crippen LogP contribution is 2.24. The molecule has 2 aromatic carbocycles. The van der Waals surface area contributed by atoms with Crippen molar-refractivity contribution in [2.75, 3.05) is 6.54 Å². The largest absolute Gasteiger partial charge is 0.504 e. The number of hydrogen-bond acceptors (Lipinski definition) is 4. The van der Waals surface area contributed by atoms with Crippen molar-refractivity contribution in [1.82, 2.24) is 5.32 Å². The van der Waals surface area contributed by atoms with Crippen LogP contribution in [0.25, 0.3) is 0 Å². The Labute approximate surface area is 111 Å². The van der Waals surface area contributed by atoms with Gasteiger partial charge in [0.25, 0.3) is 0 Å². The number of ketones is 1. The van der Waals surface area contributed by atoms with Crippen molar-refractivity contribution in [3.05, 3.63) is 59.7 Å². The van der Waals surface area contributed by atoms with Gasteiger partial charge in [-0.3, -0.25) is 4.79 Å². The maximum Gasteiger partial charge on any atom is 0.176 e. The smallest absolute Gasteiger partial charge is 0.176 e. The zero-order valence-electron chi connectivity index (χ0n) is 10.3. The van der Waals surface area contributed by atoms with Crippen LogP contribution in [0.2, 0.25) is 0 Å². The highest BCUT2D eigenvalue weighted by molar-refractivity contribution is 5.98. The zero-order valence-corrected chi connectivity index (χ0v) is 10.3. The van der Waals surface area contributed by atoms with Gasteiger partial charge in [0, 0.05) is 12.1 Å². The number of carbonyl (C=O) groups excluding carboxylic acids is 1. The van der Waals surface area contributed by atoms with Gasteiger partial charge in [0.05, 0.1) is 6.54 Å². The monoisotopic (exact) mass is 257 g/mol. The Morgan fingerprint density at radius 2 is 1.74 bits per heavy atom. The molecule has 0 spiro atoms. The zero-order chi connectivity index (χ0) is 13.7. The minimum absolute atomic E-state index is 0.133. The summed E-state index contributed by atoms with van der Waals surface area (Å²) >= 11 is 0. The lowest BCUT2D eigenvalue weighted by Gasteiger charge is -2.05. The minimum Gasteiger partial charge on any atom is -0.504 e. The fourth-order valence-electron chi connectivity index (χ4n) is 1.72. The fourth-order valence-corrected chi connectivity index (χ4v) is 1.72. The number of nitrogens with one attached hydrogen (secondary N) is 1. The SMILES string of the molecule is O=C(CNCc1ccccc1)c1ccc(O)c(O)c1. The van der Waals surface area contributed by atoms with E-state index >= 15 is 0 Å². The van der Waals surface area contributed by atoms with Gasteiger partial charge in [0.1, 0.15) is 0 Å². The molecule has 0 atom stereocenters. The Balaban J connectivity index is 1.89.